The third-order valence-corrected chi connectivity index (χ3v) is 3.60. The Labute approximate surface area is 114 Å². The van der Waals surface area contributed by atoms with Crippen molar-refractivity contribution in [1.29, 1.82) is 0 Å². The molecule has 75 valence electrons. The van der Waals surface area contributed by atoms with E-state index in [0.29, 0.717) is 0 Å². The first-order valence-electron chi connectivity index (χ1n) is 4.29. The summed E-state index contributed by atoms with van der Waals surface area (Å²) in [5, 5.41) is 0. The Balaban J connectivity index is 2.58. The van der Waals surface area contributed by atoms with Gasteiger partial charge in [0.2, 0.25) is 0 Å². The summed E-state index contributed by atoms with van der Waals surface area (Å²) in [6.45, 7) is 0. The average molecular weight is 390 g/mol. The summed E-state index contributed by atoms with van der Waals surface area (Å²) in [4.78, 5) is 0. The zero-order chi connectivity index (χ0) is 10.8. The van der Waals surface area contributed by atoms with Crippen molar-refractivity contribution in [3.8, 4) is 11.1 Å². The van der Waals surface area contributed by atoms with Gasteiger partial charge in [0.05, 0.1) is 0 Å². The predicted octanol–water partition coefficient (Wildman–Crippen LogP) is 5.44. The van der Waals surface area contributed by atoms with Crippen molar-refractivity contribution < 1.29 is 0 Å². The first-order chi connectivity index (χ1) is 7.16. The molecule has 0 heterocycles. The van der Waals surface area contributed by atoms with Crippen molar-refractivity contribution in [2.45, 2.75) is 0 Å². The quantitative estimate of drug-likeness (QED) is 0.609. The third kappa shape index (κ3) is 2.71. The van der Waals surface area contributed by atoms with Gasteiger partial charge in [0.15, 0.2) is 0 Å². The number of hydrogen-bond donors (Lipinski definition) is 0. The largest absolute Gasteiger partial charge is 0.0605 e. The molecule has 2 aromatic carbocycles. The van der Waals surface area contributed by atoms with Crippen LogP contribution in [-0.4, -0.2) is 0 Å². The van der Waals surface area contributed by atoms with Gasteiger partial charge in [-0.3, -0.25) is 0 Å². The highest BCUT2D eigenvalue weighted by atomic mass is 79.9. The van der Waals surface area contributed by atoms with Crippen LogP contribution in [0.1, 0.15) is 0 Å². The Morgan fingerprint density at radius 2 is 1.73 bits per heavy atom. The van der Waals surface area contributed by atoms with Gasteiger partial charge in [0, 0.05) is 13.4 Å². The third-order valence-electron chi connectivity index (χ3n) is 1.99. The lowest BCUT2D eigenvalue weighted by Crippen LogP contribution is -1.80. The Morgan fingerprint density at radius 3 is 2.47 bits per heavy atom. The SMILES string of the molecule is Brc1cccc(-c2cc(Br)c[c]c2Br)c1. The van der Waals surface area contributed by atoms with Crippen molar-refractivity contribution in [1.82, 2.24) is 0 Å². The molecule has 0 unspecified atom stereocenters. The summed E-state index contributed by atoms with van der Waals surface area (Å²) in [5.74, 6) is 0. The van der Waals surface area contributed by atoms with Gasteiger partial charge in [0.25, 0.3) is 0 Å². The molecule has 0 saturated carbocycles. The van der Waals surface area contributed by atoms with Gasteiger partial charge in [-0.05, 0) is 57.4 Å². The Bertz CT molecular complexity index is 492. The van der Waals surface area contributed by atoms with E-state index < -0.39 is 0 Å². The maximum absolute atomic E-state index is 3.50. The van der Waals surface area contributed by atoms with E-state index in [0.717, 1.165) is 24.5 Å². The Hall–Kier alpha value is -0.120. The van der Waals surface area contributed by atoms with Crippen LogP contribution in [-0.2, 0) is 0 Å². The number of hydrogen-bond acceptors (Lipinski definition) is 0. The molecule has 0 fully saturated rings. The van der Waals surface area contributed by atoms with E-state index in [-0.39, 0.29) is 0 Å². The highest BCUT2D eigenvalue weighted by molar-refractivity contribution is 9.11. The number of rotatable bonds is 1. The molecule has 0 amide bonds. The second-order valence-electron chi connectivity index (χ2n) is 3.06. The van der Waals surface area contributed by atoms with Gasteiger partial charge in [-0.25, -0.2) is 0 Å². The molecule has 0 aliphatic heterocycles. The van der Waals surface area contributed by atoms with Crippen molar-refractivity contribution in [3.63, 3.8) is 0 Å². The molecule has 0 nitrogen and oxygen atoms in total. The van der Waals surface area contributed by atoms with E-state index in [9.17, 15) is 0 Å². The molecule has 0 spiro atoms. The molecule has 0 aromatic heterocycles. The molecule has 1 radical (unpaired) electrons. The van der Waals surface area contributed by atoms with E-state index in [1.54, 1.807) is 0 Å². The van der Waals surface area contributed by atoms with Crippen LogP contribution in [0, 0.1) is 6.07 Å². The normalized spacial score (nSPS) is 10.3. The lowest BCUT2D eigenvalue weighted by Gasteiger charge is -2.05. The Morgan fingerprint density at radius 1 is 0.933 bits per heavy atom. The smallest absolute Gasteiger partial charge is 0.0333 e. The molecule has 0 bridgehead atoms. The fraction of sp³-hybridized carbons (Fsp3) is 0. The highest BCUT2D eigenvalue weighted by Gasteiger charge is 2.04. The van der Waals surface area contributed by atoms with Crippen LogP contribution in [0.2, 0.25) is 0 Å². The van der Waals surface area contributed by atoms with Crippen molar-refractivity contribution in [2.75, 3.05) is 0 Å². The van der Waals surface area contributed by atoms with Gasteiger partial charge < -0.3 is 0 Å². The van der Waals surface area contributed by atoms with Gasteiger partial charge in [-0.1, -0.05) is 44.0 Å². The molecule has 15 heavy (non-hydrogen) atoms. The van der Waals surface area contributed by atoms with E-state index in [4.69, 9.17) is 0 Å². The van der Waals surface area contributed by atoms with Gasteiger partial charge in [0.1, 0.15) is 0 Å². The maximum Gasteiger partial charge on any atom is 0.0333 e. The highest BCUT2D eigenvalue weighted by Crippen LogP contribution is 2.31. The van der Waals surface area contributed by atoms with Crippen LogP contribution in [0.3, 0.4) is 0 Å². The monoisotopic (exact) mass is 387 g/mol. The van der Waals surface area contributed by atoms with E-state index in [1.165, 1.54) is 0 Å². The number of halogens is 3. The van der Waals surface area contributed by atoms with Crippen molar-refractivity contribution in [3.05, 3.63) is 55.9 Å². The topological polar surface area (TPSA) is 0 Å². The summed E-state index contributed by atoms with van der Waals surface area (Å²) < 4.78 is 3.08. The molecular formula is C12H6Br3. The van der Waals surface area contributed by atoms with Crippen molar-refractivity contribution >= 4 is 47.8 Å². The fourth-order valence-corrected chi connectivity index (χ4v) is 2.52. The molecule has 3 heteroatoms. The molecule has 2 rings (SSSR count). The summed E-state index contributed by atoms with van der Waals surface area (Å²) >= 11 is 10.4. The summed E-state index contributed by atoms with van der Waals surface area (Å²) in [5.41, 5.74) is 2.29. The molecular weight excluding hydrogens is 384 g/mol. The molecule has 0 aliphatic carbocycles. The van der Waals surface area contributed by atoms with E-state index >= 15 is 0 Å². The van der Waals surface area contributed by atoms with Crippen LogP contribution < -0.4 is 0 Å². The second kappa shape index (κ2) is 4.81. The lowest BCUT2D eigenvalue weighted by atomic mass is 10.1. The summed E-state index contributed by atoms with van der Waals surface area (Å²) in [6, 6.07) is 15.3. The van der Waals surface area contributed by atoms with Crippen molar-refractivity contribution in [2.24, 2.45) is 0 Å². The molecule has 0 N–H and O–H groups in total. The summed E-state index contributed by atoms with van der Waals surface area (Å²) in [6.07, 6.45) is 0. The molecule has 2 aromatic rings. The van der Waals surface area contributed by atoms with E-state index in [1.807, 2.05) is 18.2 Å². The van der Waals surface area contributed by atoms with Crippen LogP contribution in [0.5, 0.6) is 0 Å². The van der Waals surface area contributed by atoms with Gasteiger partial charge in [-0.15, -0.1) is 0 Å². The van der Waals surface area contributed by atoms with Crippen LogP contribution in [0.15, 0.2) is 49.8 Å². The first-order valence-corrected chi connectivity index (χ1v) is 6.67. The molecule has 0 atom stereocenters. The number of benzene rings is 2. The predicted molar refractivity (Wildman–Crippen MR) is 73.8 cm³/mol. The average Bonchev–Trinajstić information content (AvgIpc) is 2.22. The zero-order valence-corrected chi connectivity index (χ0v) is 12.4. The minimum absolute atomic E-state index is 0.976. The van der Waals surface area contributed by atoms with Crippen LogP contribution in [0.25, 0.3) is 11.1 Å². The maximum atomic E-state index is 3.50. The van der Waals surface area contributed by atoms with Gasteiger partial charge >= 0.3 is 0 Å². The zero-order valence-electron chi connectivity index (χ0n) is 7.60. The minimum Gasteiger partial charge on any atom is -0.0605 e. The fourth-order valence-electron chi connectivity index (χ4n) is 1.32. The summed E-state index contributed by atoms with van der Waals surface area (Å²) in [7, 11) is 0. The van der Waals surface area contributed by atoms with E-state index in [2.05, 4.69) is 72.1 Å². The molecule has 0 saturated heterocycles. The second-order valence-corrected chi connectivity index (χ2v) is 5.68. The molecule has 0 aliphatic rings. The van der Waals surface area contributed by atoms with Crippen LogP contribution >= 0.6 is 47.8 Å². The standard InChI is InChI=1S/C12H6Br3/c13-9-3-1-2-8(6-9)11-7-10(14)4-5-12(11)15/h1-4,6-7H. The van der Waals surface area contributed by atoms with Gasteiger partial charge in [-0.2, -0.15) is 0 Å². The Kier molecular flexibility index (Phi) is 3.65. The lowest BCUT2D eigenvalue weighted by molar-refractivity contribution is 1.53. The minimum atomic E-state index is 0.976. The van der Waals surface area contributed by atoms with Crippen LogP contribution in [0.4, 0.5) is 0 Å². The first kappa shape index (κ1) is 11.4.